The predicted molar refractivity (Wildman–Crippen MR) is 45.0 cm³/mol. The SMILES string of the molecule is N#CCC(O)c1cccc(O)c1O. The second-order valence-electron chi connectivity index (χ2n) is 2.59. The number of aliphatic hydroxyl groups is 1. The van der Waals surface area contributed by atoms with Crippen LogP contribution in [0.2, 0.25) is 0 Å². The molecule has 13 heavy (non-hydrogen) atoms. The highest BCUT2D eigenvalue weighted by Crippen LogP contribution is 2.33. The molecule has 3 N–H and O–H groups in total. The summed E-state index contributed by atoms with van der Waals surface area (Å²) in [4.78, 5) is 0. The minimum Gasteiger partial charge on any atom is -0.504 e. The topological polar surface area (TPSA) is 84.5 Å². The van der Waals surface area contributed by atoms with Crippen molar-refractivity contribution < 1.29 is 15.3 Å². The van der Waals surface area contributed by atoms with Crippen LogP contribution in [0.3, 0.4) is 0 Å². The Kier molecular flexibility index (Phi) is 2.72. The van der Waals surface area contributed by atoms with Crippen molar-refractivity contribution in [2.24, 2.45) is 0 Å². The number of phenols is 2. The highest BCUT2D eigenvalue weighted by atomic mass is 16.3. The molecular weight excluding hydrogens is 170 g/mol. The van der Waals surface area contributed by atoms with Gasteiger partial charge in [-0.1, -0.05) is 12.1 Å². The summed E-state index contributed by atoms with van der Waals surface area (Å²) in [5.41, 5.74) is 0.168. The fourth-order valence-electron chi connectivity index (χ4n) is 1.01. The van der Waals surface area contributed by atoms with Crippen LogP contribution < -0.4 is 0 Å². The molecule has 4 heteroatoms. The fraction of sp³-hybridized carbons (Fsp3) is 0.222. The number of aromatic hydroxyl groups is 2. The second kappa shape index (κ2) is 3.78. The number of benzene rings is 1. The summed E-state index contributed by atoms with van der Waals surface area (Å²) >= 11 is 0. The smallest absolute Gasteiger partial charge is 0.163 e. The van der Waals surface area contributed by atoms with Gasteiger partial charge >= 0.3 is 0 Å². The summed E-state index contributed by atoms with van der Waals surface area (Å²) in [6.07, 6.45) is -1.17. The Hall–Kier alpha value is -1.73. The third-order valence-electron chi connectivity index (χ3n) is 1.69. The van der Waals surface area contributed by atoms with E-state index in [1.807, 2.05) is 0 Å². The van der Waals surface area contributed by atoms with Crippen LogP contribution in [-0.2, 0) is 0 Å². The first-order chi connectivity index (χ1) is 6.16. The second-order valence-corrected chi connectivity index (χ2v) is 2.59. The first-order valence-electron chi connectivity index (χ1n) is 3.72. The molecule has 0 aliphatic carbocycles. The Morgan fingerprint density at radius 3 is 2.69 bits per heavy atom. The van der Waals surface area contributed by atoms with Crippen LogP contribution in [0.5, 0.6) is 11.5 Å². The number of rotatable bonds is 2. The molecule has 0 radical (unpaired) electrons. The van der Waals surface area contributed by atoms with Gasteiger partial charge in [-0.05, 0) is 6.07 Å². The number of aliphatic hydroxyl groups excluding tert-OH is 1. The number of nitriles is 1. The monoisotopic (exact) mass is 179 g/mol. The quantitative estimate of drug-likeness (QED) is 0.592. The number of hydrogen-bond acceptors (Lipinski definition) is 4. The number of phenolic OH excluding ortho intramolecular Hbond substituents is 2. The molecule has 1 aromatic carbocycles. The molecule has 0 aliphatic heterocycles. The van der Waals surface area contributed by atoms with Crippen LogP contribution in [0, 0.1) is 11.3 Å². The summed E-state index contributed by atoms with van der Waals surface area (Å²) < 4.78 is 0. The highest BCUT2D eigenvalue weighted by Gasteiger charge is 2.13. The zero-order valence-corrected chi connectivity index (χ0v) is 6.81. The van der Waals surface area contributed by atoms with Crippen LogP contribution in [0.4, 0.5) is 0 Å². The molecule has 0 spiro atoms. The van der Waals surface area contributed by atoms with Gasteiger partial charge in [0.2, 0.25) is 0 Å². The zero-order chi connectivity index (χ0) is 9.84. The maximum atomic E-state index is 9.33. The molecule has 1 aromatic rings. The average Bonchev–Trinajstić information content (AvgIpc) is 2.10. The van der Waals surface area contributed by atoms with E-state index in [1.165, 1.54) is 18.2 Å². The third-order valence-corrected chi connectivity index (χ3v) is 1.69. The van der Waals surface area contributed by atoms with Gasteiger partial charge in [0.25, 0.3) is 0 Å². The van der Waals surface area contributed by atoms with Crippen LogP contribution in [0.1, 0.15) is 18.1 Å². The van der Waals surface area contributed by atoms with Crippen molar-refractivity contribution in [3.8, 4) is 17.6 Å². The maximum absolute atomic E-state index is 9.33. The van der Waals surface area contributed by atoms with Crippen LogP contribution >= 0.6 is 0 Å². The molecule has 0 heterocycles. The lowest BCUT2D eigenvalue weighted by atomic mass is 10.1. The van der Waals surface area contributed by atoms with Crippen LogP contribution in [0.25, 0.3) is 0 Å². The molecule has 1 rings (SSSR count). The predicted octanol–water partition coefficient (Wildman–Crippen LogP) is 1.04. The summed E-state index contributed by atoms with van der Waals surface area (Å²) in [5, 5.41) is 36.0. The van der Waals surface area contributed by atoms with Crippen molar-refractivity contribution in [1.29, 1.82) is 5.26 Å². The Morgan fingerprint density at radius 1 is 1.38 bits per heavy atom. The normalized spacial score (nSPS) is 12.0. The largest absolute Gasteiger partial charge is 0.504 e. The van der Waals surface area contributed by atoms with E-state index in [2.05, 4.69) is 0 Å². The van der Waals surface area contributed by atoms with E-state index >= 15 is 0 Å². The first-order valence-corrected chi connectivity index (χ1v) is 3.72. The van der Waals surface area contributed by atoms with Gasteiger partial charge in [0.15, 0.2) is 11.5 Å². The van der Waals surface area contributed by atoms with Gasteiger partial charge < -0.3 is 15.3 Å². The van der Waals surface area contributed by atoms with Gasteiger partial charge in [-0.25, -0.2) is 0 Å². The Morgan fingerprint density at radius 2 is 2.08 bits per heavy atom. The molecule has 0 aliphatic rings. The molecule has 1 atom stereocenters. The first kappa shape index (κ1) is 9.36. The van der Waals surface area contributed by atoms with Crippen molar-refractivity contribution in [3.63, 3.8) is 0 Å². The third kappa shape index (κ3) is 1.89. The number of hydrogen-bond donors (Lipinski definition) is 3. The van der Waals surface area contributed by atoms with Gasteiger partial charge in [-0.15, -0.1) is 0 Å². The van der Waals surface area contributed by atoms with Crippen molar-refractivity contribution in [1.82, 2.24) is 0 Å². The summed E-state index contributed by atoms with van der Waals surface area (Å²) in [5.74, 6) is -0.667. The van der Waals surface area contributed by atoms with Crippen molar-refractivity contribution in [2.75, 3.05) is 0 Å². The lowest BCUT2D eigenvalue weighted by Crippen LogP contribution is -1.96. The number of nitrogens with zero attached hydrogens (tertiary/aromatic N) is 1. The molecule has 1 unspecified atom stereocenters. The minimum atomic E-state index is -1.06. The van der Waals surface area contributed by atoms with E-state index in [0.29, 0.717) is 0 Å². The standard InChI is InChI=1S/C9H9NO3/c10-5-4-7(11)6-2-1-3-8(12)9(6)13/h1-3,7,11-13H,4H2. The van der Waals surface area contributed by atoms with E-state index < -0.39 is 6.10 Å². The average molecular weight is 179 g/mol. The van der Waals surface area contributed by atoms with Gasteiger partial charge in [-0.2, -0.15) is 5.26 Å². The molecule has 0 saturated heterocycles. The maximum Gasteiger partial charge on any atom is 0.163 e. The fourth-order valence-corrected chi connectivity index (χ4v) is 1.01. The Balaban J connectivity index is 3.02. The molecule has 4 nitrogen and oxygen atoms in total. The van der Waals surface area contributed by atoms with E-state index in [-0.39, 0.29) is 23.5 Å². The van der Waals surface area contributed by atoms with Gasteiger partial charge in [-0.3, -0.25) is 0 Å². The summed E-state index contributed by atoms with van der Waals surface area (Å²) in [7, 11) is 0. The molecule has 0 fully saturated rings. The zero-order valence-electron chi connectivity index (χ0n) is 6.81. The van der Waals surface area contributed by atoms with Crippen LogP contribution in [-0.4, -0.2) is 15.3 Å². The van der Waals surface area contributed by atoms with Gasteiger partial charge in [0.1, 0.15) is 0 Å². The van der Waals surface area contributed by atoms with E-state index in [4.69, 9.17) is 10.4 Å². The Labute approximate surface area is 75.3 Å². The van der Waals surface area contributed by atoms with E-state index in [0.717, 1.165) is 0 Å². The molecular formula is C9H9NO3. The van der Waals surface area contributed by atoms with Gasteiger partial charge in [0, 0.05) is 5.56 Å². The van der Waals surface area contributed by atoms with Crippen molar-refractivity contribution >= 4 is 0 Å². The Bertz CT molecular complexity index is 343. The van der Waals surface area contributed by atoms with Crippen molar-refractivity contribution in [2.45, 2.75) is 12.5 Å². The lowest BCUT2D eigenvalue weighted by molar-refractivity contribution is 0.178. The highest BCUT2D eigenvalue weighted by molar-refractivity contribution is 5.45. The molecule has 0 aromatic heterocycles. The molecule has 0 amide bonds. The summed E-state index contributed by atoms with van der Waals surface area (Å²) in [6.45, 7) is 0. The van der Waals surface area contributed by atoms with E-state index in [9.17, 15) is 10.2 Å². The number of para-hydroxylation sites is 1. The lowest BCUT2D eigenvalue weighted by Gasteiger charge is -2.09. The van der Waals surface area contributed by atoms with Crippen LogP contribution in [0.15, 0.2) is 18.2 Å². The molecule has 0 saturated carbocycles. The minimum absolute atomic E-state index is 0.114. The summed E-state index contributed by atoms with van der Waals surface area (Å²) in [6, 6.07) is 6.02. The molecule has 68 valence electrons. The molecule has 0 bridgehead atoms. The van der Waals surface area contributed by atoms with E-state index in [1.54, 1.807) is 6.07 Å². The van der Waals surface area contributed by atoms with Gasteiger partial charge in [0.05, 0.1) is 18.6 Å². The van der Waals surface area contributed by atoms with Crippen molar-refractivity contribution in [3.05, 3.63) is 23.8 Å².